The number of rotatable bonds is 0. The van der Waals surface area contributed by atoms with Gasteiger partial charge in [-0.05, 0) is 28.7 Å². The van der Waals surface area contributed by atoms with Crippen molar-refractivity contribution < 1.29 is 9.52 Å². The number of hydrogen-bond acceptors (Lipinski definition) is 2. The van der Waals surface area contributed by atoms with E-state index in [0.717, 1.165) is 3.57 Å². The molecule has 1 rings (SSSR count). The molecule has 0 saturated heterocycles. The van der Waals surface area contributed by atoms with Crippen molar-refractivity contribution in [3.05, 3.63) is 15.9 Å². The average Bonchev–Trinajstić information content (AvgIpc) is 2.23. The van der Waals surface area contributed by atoms with Gasteiger partial charge in [-0.3, -0.25) is 0 Å². The van der Waals surface area contributed by atoms with Crippen LogP contribution in [0.25, 0.3) is 0 Å². The first-order valence-electron chi connectivity index (χ1n) is 2.72. The van der Waals surface area contributed by atoms with Crippen molar-refractivity contribution in [1.29, 1.82) is 0 Å². The molecule has 0 aliphatic heterocycles. The summed E-state index contributed by atoms with van der Waals surface area (Å²) in [5.41, 5.74) is 0. The Kier molecular flexibility index (Phi) is 6.09. The molecule has 0 spiro atoms. The molecule has 1 aromatic heterocycles. The number of aromatic hydroxyl groups is 1. The van der Waals surface area contributed by atoms with E-state index >= 15 is 0 Å². The van der Waals surface area contributed by atoms with Gasteiger partial charge in [-0.15, -0.1) is 0 Å². The summed E-state index contributed by atoms with van der Waals surface area (Å²) in [7, 11) is 0. The normalized spacial score (nSPS) is 8.00. The van der Waals surface area contributed by atoms with Crippen molar-refractivity contribution in [2.75, 3.05) is 0 Å². The molecule has 0 atom stereocenters. The van der Waals surface area contributed by atoms with E-state index in [1.54, 1.807) is 6.07 Å². The first kappa shape index (κ1) is 9.81. The maximum atomic E-state index is 8.59. The van der Waals surface area contributed by atoms with Crippen LogP contribution < -0.4 is 0 Å². The van der Waals surface area contributed by atoms with Gasteiger partial charge in [-0.1, -0.05) is 0 Å². The average molecular weight is 248 g/mol. The van der Waals surface area contributed by atoms with Gasteiger partial charge in [0.2, 0.25) is 0 Å². The molecule has 0 radical (unpaired) electrons. The van der Waals surface area contributed by atoms with E-state index in [1.807, 2.05) is 22.6 Å². The van der Waals surface area contributed by atoms with Crippen LogP contribution in [0.5, 0.6) is 5.95 Å². The van der Waals surface area contributed by atoms with Crippen LogP contribution in [0, 0.1) is 3.57 Å². The van der Waals surface area contributed by atoms with E-state index in [4.69, 9.17) is 5.11 Å². The molecule has 1 aromatic rings. The van der Waals surface area contributed by atoms with Crippen LogP contribution in [-0.2, 0) is 0 Å². The predicted molar refractivity (Wildman–Crippen MR) is 44.7 cm³/mol. The second-order valence-corrected chi connectivity index (χ2v) is 2.24. The fourth-order valence-corrected chi connectivity index (χ4v) is 0.560. The molecule has 46 valence electrons. The molecular formula is C5H6INaO2. The van der Waals surface area contributed by atoms with Crippen molar-refractivity contribution >= 4 is 50.5 Å². The molecule has 1 N–H and O–H groups in total. The third-order valence-corrected chi connectivity index (χ3v) is 1.42. The first-order chi connectivity index (χ1) is 4.30. The molecule has 9 heavy (non-hydrogen) atoms. The zero-order chi connectivity index (χ0) is 7.28. The Bertz CT molecular complexity index is 147. The van der Waals surface area contributed by atoms with Crippen LogP contribution in [0.1, 0.15) is 0 Å². The Hall–Kier alpha value is 0.810. The fourth-order valence-electron chi connectivity index (χ4n) is 0.286. The second kappa shape index (κ2) is 5.58. The predicted octanol–water partition coefficient (Wildman–Crippen LogP) is 1.79. The Labute approximate surface area is 85.2 Å². The van der Waals surface area contributed by atoms with Gasteiger partial charge in [0.05, 0.1) is 9.83 Å². The molecule has 0 saturated carbocycles. The molecule has 0 aromatic carbocycles. The first-order valence-corrected chi connectivity index (χ1v) is 5.80. The van der Waals surface area contributed by atoms with Gasteiger partial charge in [0, 0.05) is 0 Å². The van der Waals surface area contributed by atoms with Crippen molar-refractivity contribution in [1.82, 2.24) is 0 Å². The third-order valence-electron chi connectivity index (χ3n) is 0.598. The summed E-state index contributed by atoms with van der Waals surface area (Å²) in [4.78, 5) is 0. The number of halogens is 1. The molecule has 0 fully saturated rings. The molecule has 2 nitrogen and oxygen atoms in total. The Balaban J connectivity index is 0.000000291. The molecule has 4 heteroatoms. The molecule has 0 bridgehead atoms. The quantitative estimate of drug-likeness (QED) is 0.560. The van der Waals surface area contributed by atoms with Gasteiger partial charge in [-0.25, -0.2) is 0 Å². The fraction of sp³-hybridized carbons (Fsp3) is 0.200. The monoisotopic (exact) mass is 248 g/mol. The minimum atomic E-state index is 0.000556. The van der Waals surface area contributed by atoms with Gasteiger partial charge in [0.25, 0.3) is 5.95 Å². The molecule has 0 amide bonds. The van der Waals surface area contributed by atoms with Crippen molar-refractivity contribution in [2.45, 2.75) is 4.17 Å². The van der Waals surface area contributed by atoms with Crippen LogP contribution in [-0.4, -0.2) is 33.0 Å². The van der Waals surface area contributed by atoms with E-state index in [-0.39, 0.29) is 5.95 Å². The SMILES string of the molecule is Oc1occc1I.[CH3][Na]. The summed E-state index contributed by atoms with van der Waals surface area (Å²) < 4.78 is 7.40. The van der Waals surface area contributed by atoms with Crippen LogP contribution in [0.15, 0.2) is 16.7 Å². The maximum absolute atomic E-state index is 8.59. The molecule has 0 aliphatic rings. The van der Waals surface area contributed by atoms with Crippen molar-refractivity contribution in [3.63, 3.8) is 0 Å². The van der Waals surface area contributed by atoms with Gasteiger partial charge in [-0.2, -0.15) is 0 Å². The topological polar surface area (TPSA) is 33.4 Å². The van der Waals surface area contributed by atoms with E-state index in [9.17, 15) is 0 Å². The van der Waals surface area contributed by atoms with Crippen LogP contribution in [0.3, 0.4) is 0 Å². The molecule has 0 unspecified atom stereocenters. The van der Waals surface area contributed by atoms with E-state index < -0.39 is 0 Å². The van der Waals surface area contributed by atoms with Crippen molar-refractivity contribution in [2.24, 2.45) is 0 Å². The molecule has 1 heterocycles. The van der Waals surface area contributed by atoms with Gasteiger partial charge in [0.1, 0.15) is 0 Å². The summed E-state index contributed by atoms with van der Waals surface area (Å²) in [6, 6.07) is 1.69. The van der Waals surface area contributed by atoms with Crippen molar-refractivity contribution in [3.8, 4) is 5.95 Å². The van der Waals surface area contributed by atoms with Crippen LogP contribution in [0.4, 0.5) is 0 Å². The number of furan rings is 1. The molecule has 0 aliphatic carbocycles. The van der Waals surface area contributed by atoms with Gasteiger partial charge < -0.3 is 9.52 Å². The van der Waals surface area contributed by atoms with E-state index in [0.29, 0.717) is 0 Å². The summed E-state index contributed by atoms with van der Waals surface area (Å²) >= 11 is 3.28. The summed E-state index contributed by atoms with van der Waals surface area (Å²) in [5.74, 6) is 0.000556. The third kappa shape index (κ3) is 3.50. The van der Waals surface area contributed by atoms with Gasteiger partial charge >= 0.3 is 32.1 Å². The zero-order valence-electron chi connectivity index (χ0n) is 5.39. The second-order valence-electron chi connectivity index (χ2n) is 1.07. The Morgan fingerprint density at radius 1 is 1.67 bits per heavy atom. The van der Waals surface area contributed by atoms with Gasteiger partial charge in [0.15, 0.2) is 0 Å². The standard InChI is InChI=1S/C4H3IO2.CH3.Na/c5-3-1-2-7-4(3)6;;/h1-2,6H;1H3;. The van der Waals surface area contributed by atoms with E-state index in [1.165, 1.54) is 34.2 Å². The Morgan fingerprint density at radius 3 is 2.33 bits per heavy atom. The Morgan fingerprint density at radius 2 is 2.22 bits per heavy atom. The minimum absolute atomic E-state index is 0.000556. The van der Waals surface area contributed by atoms with Crippen LogP contribution in [0.2, 0.25) is 4.17 Å². The summed E-state index contributed by atoms with van der Waals surface area (Å²) in [5, 5.41) is 8.59. The number of hydrogen-bond donors (Lipinski definition) is 1. The summed E-state index contributed by atoms with van der Waals surface area (Å²) in [6.45, 7) is 0. The summed E-state index contributed by atoms with van der Waals surface area (Å²) in [6.07, 6.45) is 1.44. The van der Waals surface area contributed by atoms with E-state index in [2.05, 4.69) is 8.59 Å². The zero-order valence-corrected chi connectivity index (χ0v) is 9.55. The van der Waals surface area contributed by atoms with Crippen LogP contribution >= 0.6 is 22.6 Å². The molecular weight excluding hydrogens is 242 g/mol.